The van der Waals surface area contributed by atoms with Crippen molar-refractivity contribution in [2.75, 3.05) is 5.32 Å². The lowest BCUT2D eigenvalue weighted by atomic mass is 10.0. The minimum atomic E-state index is -0.183. The zero-order chi connectivity index (χ0) is 22.0. The molecule has 0 atom stereocenters. The van der Waals surface area contributed by atoms with E-state index in [0.717, 1.165) is 40.8 Å². The lowest BCUT2D eigenvalue weighted by Crippen LogP contribution is -2.17. The van der Waals surface area contributed by atoms with Gasteiger partial charge in [-0.1, -0.05) is 55.8 Å². The van der Waals surface area contributed by atoms with Crippen molar-refractivity contribution in [3.05, 3.63) is 87.8 Å². The molecule has 158 valence electrons. The van der Waals surface area contributed by atoms with Gasteiger partial charge in [0.15, 0.2) is 5.82 Å². The molecule has 0 fully saturated rings. The highest BCUT2D eigenvalue weighted by Crippen LogP contribution is 2.23. The molecule has 6 heteroatoms. The molecule has 0 bridgehead atoms. The number of aromatic amines is 1. The highest BCUT2D eigenvalue weighted by atomic mass is 16.1. The minimum absolute atomic E-state index is 0.183. The Morgan fingerprint density at radius 1 is 1.16 bits per heavy atom. The van der Waals surface area contributed by atoms with Crippen molar-refractivity contribution in [2.45, 2.75) is 40.2 Å². The number of rotatable bonds is 7. The van der Waals surface area contributed by atoms with Gasteiger partial charge < -0.3 is 5.32 Å². The number of fused-ring (bicyclic) bond motifs is 1. The average Bonchev–Trinajstić information content (AvgIpc) is 3.18. The fourth-order valence-electron chi connectivity index (χ4n) is 3.80. The van der Waals surface area contributed by atoms with Gasteiger partial charge in [-0.05, 0) is 49.1 Å². The monoisotopic (exact) mass is 413 g/mol. The van der Waals surface area contributed by atoms with E-state index in [1.54, 1.807) is 6.07 Å². The third-order valence-electron chi connectivity index (χ3n) is 5.34. The average molecular weight is 414 g/mol. The summed E-state index contributed by atoms with van der Waals surface area (Å²) in [6.45, 7) is 10.7. The van der Waals surface area contributed by atoms with Crippen LogP contribution in [0.15, 0.2) is 59.9 Å². The maximum atomic E-state index is 12.6. The summed E-state index contributed by atoms with van der Waals surface area (Å²) < 4.78 is 1.38. The smallest absolute Gasteiger partial charge is 0.274 e. The van der Waals surface area contributed by atoms with Crippen molar-refractivity contribution < 1.29 is 0 Å². The molecule has 0 saturated carbocycles. The lowest BCUT2D eigenvalue weighted by Gasteiger charge is -2.11. The Labute approximate surface area is 181 Å². The molecule has 0 aliphatic heterocycles. The SMILES string of the molecule is C=C(C)c1ccc(-c2nc3nc(CNc4ccccc4CCC)cc(=O)n3[nH]2)cc1C. The Morgan fingerprint density at radius 3 is 2.71 bits per heavy atom. The van der Waals surface area contributed by atoms with Gasteiger partial charge in [0.05, 0.1) is 12.2 Å². The van der Waals surface area contributed by atoms with E-state index in [2.05, 4.69) is 46.0 Å². The first-order valence-electron chi connectivity index (χ1n) is 10.5. The molecule has 2 heterocycles. The fraction of sp³-hybridized carbons (Fsp3) is 0.240. The molecule has 0 unspecified atom stereocenters. The number of anilines is 1. The van der Waals surface area contributed by atoms with Crippen LogP contribution in [0.4, 0.5) is 5.69 Å². The first kappa shape index (κ1) is 20.6. The number of nitrogens with one attached hydrogen (secondary N) is 2. The summed E-state index contributed by atoms with van der Waals surface area (Å²) in [5.41, 5.74) is 6.96. The number of aryl methyl sites for hydroxylation is 2. The molecule has 0 aliphatic carbocycles. The Morgan fingerprint density at radius 2 is 1.97 bits per heavy atom. The molecule has 2 N–H and O–H groups in total. The second-order valence-electron chi connectivity index (χ2n) is 7.86. The Hall–Kier alpha value is -3.67. The first-order chi connectivity index (χ1) is 15.0. The first-order valence-corrected chi connectivity index (χ1v) is 10.5. The maximum absolute atomic E-state index is 12.6. The summed E-state index contributed by atoms with van der Waals surface area (Å²) in [5.74, 6) is 0.974. The molecule has 0 amide bonds. The quantitative estimate of drug-likeness (QED) is 0.448. The van der Waals surface area contributed by atoms with Crippen LogP contribution in [-0.4, -0.2) is 19.6 Å². The van der Waals surface area contributed by atoms with Crippen molar-refractivity contribution in [3.63, 3.8) is 0 Å². The maximum Gasteiger partial charge on any atom is 0.274 e. The normalized spacial score (nSPS) is 11.1. The Kier molecular flexibility index (Phi) is 5.71. The highest BCUT2D eigenvalue weighted by Gasteiger charge is 2.11. The van der Waals surface area contributed by atoms with Crippen LogP contribution in [0.2, 0.25) is 0 Å². The minimum Gasteiger partial charge on any atom is -0.379 e. The predicted octanol–water partition coefficient (Wildman–Crippen LogP) is 4.99. The van der Waals surface area contributed by atoms with Gasteiger partial charge in [0, 0.05) is 17.3 Å². The van der Waals surface area contributed by atoms with E-state index < -0.39 is 0 Å². The highest BCUT2D eigenvalue weighted by molar-refractivity contribution is 5.69. The van der Waals surface area contributed by atoms with Gasteiger partial charge in [-0.3, -0.25) is 9.89 Å². The van der Waals surface area contributed by atoms with E-state index in [1.165, 1.54) is 10.1 Å². The van der Waals surface area contributed by atoms with Crippen LogP contribution < -0.4 is 10.9 Å². The van der Waals surface area contributed by atoms with Crippen molar-refractivity contribution in [3.8, 4) is 11.4 Å². The number of benzene rings is 2. The standard InChI is InChI=1S/C25H27N5O/c1-5-8-18-9-6-7-10-22(18)26-15-20-14-23(31)30-25(27-20)28-24(29-30)19-11-12-21(16(2)3)17(4)13-19/h6-7,9-14,26H,2,5,8,15H2,1,3-4H3,(H,27,28,29). The molecular formula is C25H27N5O. The van der Waals surface area contributed by atoms with E-state index in [-0.39, 0.29) is 5.56 Å². The van der Waals surface area contributed by atoms with Crippen LogP contribution in [0.1, 0.15) is 42.7 Å². The van der Waals surface area contributed by atoms with Gasteiger partial charge in [0.2, 0.25) is 0 Å². The molecule has 2 aromatic carbocycles. The lowest BCUT2D eigenvalue weighted by molar-refractivity contribution is 0.876. The molecule has 2 aromatic heterocycles. The largest absolute Gasteiger partial charge is 0.379 e. The van der Waals surface area contributed by atoms with Crippen LogP contribution in [0.25, 0.3) is 22.7 Å². The molecular weight excluding hydrogens is 386 g/mol. The number of allylic oxidation sites excluding steroid dienone is 1. The third kappa shape index (κ3) is 4.28. The molecule has 0 spiro atoms. The number of H-pyrrole nitrogens is 1. The van der Waals surface area contributed by atoms with Crippen LogP contribution in [0, 0.1) is 6.92 Å². The van der Waals surface area contributed by atoms with E-state index in [1.807, 2.05) is 44.2 Å². The number of para-hydroxylation sites is 1. The number of aromatic nitrogens is 4. The van der Waals surface area contributed by atoms with E-state index >= 15 is 0 Å². The van der Waals surface area contributed by atoms with Crippen LogP contribution in [-0.2, 0) is 13.0 Å². The van der Waals surface area contributed by atoms with Crippen LogP contribution in [0.3, 0.4) is 0 Å². The van der Waals surface area contributed by atoms with Crippen molar-refractivity contribution >= 4 is 17.0 Å². The number of nitrogens with zero attached hydrogens (tertiary/aromatic N) is 3. The van der Waals surface area contributed by atoms with E-state index in [0.29, 0.717) is 23.8 Å². The summed E-state index contributed by atoms with van der Waals surface area (Å²) in [7, 11) is 0. The summed E-state index contributed by atoms with van der Waals surface area (Å²) in [6.07, 6.45) is 2.08. The molecule has 6 nitrogen and oxygen atoms in total. The molecule has 31 heavy (non-hydrogen) atoms. The van der Waals surface area contributed by atoms with Crippen molar-refractivity contribution in [1.82, 2.24) is 19.6 Å². The summed E-state index contributed by atoms with van der Waals surface area (Å²) in [6, 6.07) is 15.8. The zero-order valence-electron chi connectivity index (χ0n) is 18.2. The second-order valence-corrected chi connectivity index (χ2v) is 7.86. The summed E-state index contributed by atoms with van der Waals surface area (Å²) in [4.78, 5) is 21.8. The van der Waals surface area contributed by atoms with Gasteiger partial charge in [0.1, 0.15) is 0 Å². The van der Waals surface area contributed by atoms with Crippen molar-refractivity contribution in [2.24, 2.45) is 0 Å². The molecule has 0 radical (unpaired) electrons. The Bertz CT molecular complexity index is 1320. The Balaban J connectivity index is 1.62. The van der Waals surface area contributed by atoms with E-state index in [9.17, 15) is 4.79 Å². The molecule has 4 aromatic rings. The van der Waals surface area contributed by atoms with Gasteiger partial charge >= 0.3 is 0 Å². The molecule has 0 saturated heterocycles. The van der Waals surface area contributed by atoms with E-state index in [4.69, 9.17) is 0 Å². The van der Waals surface area contributed by atoms with Gasteiger partial charge in [-0.2, -0.15) is 9.50 Å². The second kappa shape index (κ2) is 8.60. The molecule has 0 aliphatic rings. The van der Waals surface area contributed by atoms with Gasteiger partial charge in [-0.15, -0.1) is 0 Å². The van der Waals surface area contributed by atoms with Gasteiger partial charge in [0.25, 0.3) is 11.3 Å². The fourth-order valence-corrected chi connectivity index (χ4v) is 3.80. The summed E-state index contributed by atoms with van der Waals surface area (Å²) >= 11 is 0. The predicted molar refractivity (Wildman–Crippen MR) is 126 cm³/mol. The number of hydrogen-bond donors (Lipinski definition) is 2. The summed E-state index contributed by atoms with van der Waals surface area (Å²) in [5, 5.41) is 6.48. The van der Waals surface area contributed by atoms with Crippen LogP contribution in [0.5, 0.6) is 0 Å². The zero-order valence-corrected chi connectivity index (χ0v) is 18.2. The number of hydrogen-bond acceptors (Lipinski definition) is 4. The van der Waals surface area contributed by atoms with Crippen molar-refractivity contribution in [1.29, 1.82) is 0 Å². The van der Waals surface area contributed by atoms with Gasteiger partial charge in [-0.25, -0.2) is 4.98 Å². The third-order valence-corrected chi connectivity index (χ3v) is 5.34. The van der Waals surface area contributed by atoms with Crippen LogP contribution >= 0.6 is 0 Å². The molecule has 4 rings (SSSR count). The topological polar surface area (TPSA) is 75.1 Å².